The number of hydrogen-bond donors (Lipinski definition) is 2. The Morgan fingerprint density at radius 1 is 1.33 bits per heavy atom. The highest BCUT2D eigenvalue weighted by atomic mass is 16.6. The maximum atomic E-state index is 10.8. The highest BCUT2D eigenvalue weighted by Gasteiger charge is 2.08. The van der Waals surface area contributed by atoms with Gasteiger partial charge in [0.05, 0.1) is 16.8 Å². The van der Waals surface area contributed by atoms with Gasteiger partial charge in [-0.3, -0.25) is 10.1 Å². The van der Waals surface area contributed by atoms with Crippen molar-refractivity contribution >= 4 is 22.4 Å². The van der Waals surface area contributed by atoms with E-state index in [0.717, 1.165) is 27.8 Å². The maximum Gasteiger partial charge on any atom is 0.269 e. The van der Waals surface area contributed by atoms with Crippen LogP contribution in [0.1, 0.15) is 11.1 Å². The molecule has 0 radical (unpaired) electrons. The minimum Gasteiger partial charge on any atom is -0.380 e. The number of nitro groups is 1. The fourth-order valence-corrected chi connectivity index (χ4v) is 2.20. The molecule has 0 saturated heterocycles. The molecule has 2 aromatic heterocycles. The number of rotatable bonds is 4. The SMILES string of the molecule is Cc1ccc([N+](=O)[O-])cc1CNc1cnc2[nH]ccc2c1. The number of nitro benzene ring substituents is 1. The Morgan fingerprint density at radius 2 is 2.19 bits per heavy atom. The number of pyridine rings is 1. The molecule has 0 spiro atoms. The summed E-state index contributed by atoms with van der Waals surface area (Å²) in [5, 5.41) is 15.1. The molecule has 0 aliphatic rings. The number of H-pyrrole nitrogens is 1. The van der Waals surface area contributed by atoms with Crippen molar-refractivity contribution in [2.45, 2.75) is 13.5 Å². The number of anilines is 1. The van der Waals surface area contributed by atoms with Crippen LogP contribution in [0.3, 0.4) is 0 Å². The average molecular weight is 282 g/mol. The van der Waals surface area contributed by atoms with E-state index < -0.39 is 0 Å². The number of hydrogen-bond acceptors (Lipinski definition) is 4. The van der Waals surface area contributed by atoms with Crippen LogP contribution in [0, 0.1) is 17.0 Å². The Kier molecular flexibility index (Phi) is 3.27. The summed E-state index contributed by atoms with van der Waals surface area (Å²) in [6.07, 6.45) is 3.58. The lowest BCUT2D eigenvalue weighted by Crippen LogP contribution is -2.02. The summed E-state index contributed by atoms with van der Waals surface area (Å²) in [6, 6.07) is 8.83. The van der Waals surface area contributed by atoms with Crippen molar-refractivity contribution in [3.05, 3.63) is 64.0 Å². The number of non-ortho nitro benzene ring substituents is 1. The van der Waals surface area contributed by atoms with Crippen LogP contribution in [-0.4, -0.2) is 14.9 Å². The lowest BCUT2D eigenvalue weighted by Gasteiger charge is -2.09. The van der Waals surface area contributed by atoms with Crippen LogP contribution in [0.4, 0.5) is 11.4 Å². The van der Waals surface area contributed by atoms with E-state index in [0.29, 0.717) is 6.54 Å². The smallest absolute Gasteiger partial charge is 0.269 e. The highest BCUT2D eigenvalue weighted by Crippen LogP contribution is 2.20. The van der Waals surface area contributed by atoms with Crippen LogP contribution < -0.4 is 5.32 Å². The first kappa shape index (κ1) is 13.1. The number of fused-ring (bicyclic) bond motifs is 1. The Labute approximate surface area is 121 Å². The topological polar surface area (TPSA) is 83.8 Å². The van der Waals surface area contributed by atoms with Gasteiger partial charge in [0.2, 0.25) is 0 Å². The lowest BCUT2D eigenvalue weighted by molar-refractivity contribution is -0.384. The summed E-state index contributed by atoms with van der Waals surface area (Å²) in [7, 11) is 0. The van der Waals surface area contributed by atoms with Crippen molar-refractivity contribution in [2.75, 3.05) is 5.32 Å². The maximum absolute atomic E-state index is 10.8. The van der Waals surface area contributed by atoms with Gasteiger partial charge < -0.3 is 10.3 Å². The van der Waals surface area contributed by atoms with E-state index in [1.165, 1.54) is 6.07 Å². The predicted octanol–water partition coefficient (Wildman–Crippen LogP) is 3.39. The minimum atomic E-state index is -0.379. The third kappa shape index (κ3) is 2.69. The molecular weight excluding hydrogens is 268 g/mol. The second-order valence-electron chi connectivity index (χ2n) is 4.86. The first-order valence-corrected chi connectivity index (χ1v) is 6.54. The lowest BCUT2D eigenvalue weighted by atomic mass is 10.1. The molecule has 0 saturated carbocycles. The predicted molar refractivity (Wildman–Crippen MR) is 81.3 cm³/mol. The van der Waals surface area contributed by atoms with Gasteiger partial charge in [0.1, 0.15) is 5.65 Å². The monoisotopic (exact) mass is 282 g/mol. The molecule has 0 aliphatic carbocycles. The normalized spacial score (nSPS) is 10.7. The van der Waals surface area contributed by atoms with E-state index in [-0.39, 0.29) is 10.6 Å². The van der Waals surface area contributed by atoms with Crippen LogP contribution in [-0.2, 0) is 6.54 Å². The summed E-state index contributed by atoms with van der Waals surface area (Å²) >= 11 is 0. The van der Waals surface area contributed by atoms with Gasteiger partial charge in [0.25, 0.3) is 5.69 Å². The Balaban J connectivity index is 1.80. The third-order valence-corrected chi connectivity index (χ3v) is 3.43. The van der Waals surface area contributed by atoms with Gasteiger partial charge in [-0.05, 0) is 30.2 Å². The fourth-order valence-electron chi connectivity index (χ4n) is 2.20. The molecule has 0 unspecified atom stereocenters. The standard InChI is InChI=1S/C15H14N4O2/c1-10-2-3-14(19(20)21)7-12(10)8-17-13-6-11-4-5-16-15(11)18-9-13/h2-7,9,17H,8H2,1H3,(H,16,18). The number of aryl methyl sites for hydroxylation is 1. The quantitative estimate of drug-likeness (QED) is 0.567. The molecule has 1 aromatic carbocycles. The average Bonchev–Trinajstić information content (AvgIpc) is 2.93. The van der Waals surface area contributed by atoms with Crippen LogP contribution in [0.2, 0.25) is 0 Å². The highest BCUT2D eigenvalue weighted by molar-refractivity contribution is 5.78. The summed E-state index contributed by atoms with van der Waals surface area (Å²) in [5.74, 6) is 0. The first-order valence-electron chi connectivity index (χ1n) is 6.54. The van der Waals surface area contributed by atoms with E-state index in [1.54, 1.807) is 18.3 Å². The van der Waals surface area contributed by atoms with Crippen molar-refractivity contribution in [3.8, 4) is 0 Å². The molecule has 3 aromatic rings. The summed E-state index contributed by atoms with van der Waals surface area (Å²) < 4.78 is 0. The van der Waals surface area contributed by atoms with Crippen molar-refractivity contribution in [2.24, 2.45) is 0 Å². The summed E-state index contributed by atoms with van der Waals surface area (Å²) in [4.78, 5) is 17.8. The first-order chi connectivity index (χ1) is 10.1. The number of benzene rings is 1. The van der Waals surface area contributed by atoms with Gasteiger partial charge >= 0.3 is 0 Å². The van der Waals surface area contributed by atoms with Gasteiger partial charge in [-0.15, -0.1) is 0 Å². The zero-order valence-corrected chi connectivity index (χ0v) is 11.5. The van der Waals surface area contributed by atoms with Crippen molar-refractivity contribution in [1.29, 1.82) is 0 Å². The van der Waals surface area contributed by atoms with Crippen molar-refractivity contribution < 1.29 is 4.92 Å². The molecule has 2 heterocycles. The van der Waals surface area contributed by atoms with Gasteiger partial charge in [-0.2, -0.15) is 0 Å². The van der Waals surface area contributed by atoms with E-state index in [1.807, 2.05) is 25.3 Å². The zero-order valence-electron chi connectivity index (χ0n) is 11.5. The van der Waals surface area contributed by atoms with Crippen LogP contribution in [0.15, 0.2) is 42.7 Å². The molecular formula is C15H14N4O2. The largest absolute Gasteiger partial charge is 0.380 e. The minimum absolute atomic E-state index is 0.108. The van der Waals surface area contributed by atoms with E-state index >= 15 is 0 Å². The summed E-state index contributed by atoms with van der Waals surface area (Å²) in [5.41, 5.74) is 3.75. The number of aromatic amines is 1. The fraction of sp³-hybridized carbons (Fsp3) is 0.133. The molecule has 2 N–H and O–H groups in total. The molecule has 6 nitrogen and oxygen atoms in total. The van der Waals surface area contributed by atoms with Crippen molar-refractivity contribution in [1.82, 2.24) is 9.97 Å². The number of nitrogens with zero attached hydrogens (tertiary/aromatic N) is 2. The second-order valence-corrected chi connectivity index (χ2v) is 4.86. The van der Waals surface area contributed by atoms with E-state index in [2.05, 4.69) is 15.3 Å². The van der Waals surface area contributed by atoms with Crippen LogP contribution in [0.5, 0.6) is 0 Å². The van der Waals surface area contributed by atoms with Gasteiger partial charge in [-0.1, -0.05) is 6.07 Å². The van der Waals surface area contributed by atoms with E-state index in [4.69, 9.17) is 0 Å². The number of nitrogens with one attached hydrogen (secondary N) is 2. The van der Waals surface area contributed by atoms with Crippen LogP contribution in [0.25, 0.3) is 11.0 Å². The van der Waals surface area contributed by atoms with Gasteiger partial charge in [0, 0.05) is 30.3 Å². The molecule has 0 fully saturated rings. The third-order valence-electron chi connectivity index (χ3n) is 3.43. The molecule has 0 amide bonds. The second kappa shape index (κ2) is 5.24. The molecule has 0 aliphatic heterocycles. The zero-order chi connectivity index (χ0) is 14.8. The van der Waals surface area contributed by atoms with Gasteiger partial charge in [0.15, 0.2) is 0 Å². The molecule has 3 rings (SSSR count). The van der Waals surface area contributed by atoms with E-state index in [9.17, 15) is 10.1 Å². The molecule has 21 heavy (non-hydrogen) atoms. The Morgan fingerprint density at radius 3 is 3.00 bits per heavy atom. The molecule has 106 valence electrons. The van der Waals surface area contributed by atoms with Crippen molar-refractivity contribution in [3.63, 3.8) is 0 Å². The molecule has 0 atom stereocenters. The van der Waals surface area contributed by atoms with Crippen LogP contribution >= 0.6 is 0 Å². The Hall–Kier alpha value is -2.89. The molecule has 0 bridgehead atoms. The van der Waals surface area contributed by atoms with Gasteiger partial charge in [-0.25, -0.2) is 4.98 Å². The Bertz CT molecular complexity index is 810. The summed E-state index contributed by atoms with van der Waals surface area (Å²) in [6.45, 7) is 2.46. The molecule has 6 heteroatoms. The number of aromatic nitrogens is 2.